The second-order valence-electron chi connectivity index (χ2n) is 4.76. The monoisotopic (exact) mass is 317 g/mol. The van der Waals surface area contributed by atoms with Crippen molar-refractivity contribution in [2.75, 3.05) is 11.9 Å². The van der Waals surface area contributed by atoms with Gasteiger partial charge in [0.05, 0.1) is 17.9 Å². The number of nitrogens with zero attached hydrogens (tertiary/aromatic N) is 1. The van der Waals surface area contributed by atoms with E-state index in [2.05, 4.69) is 15.3 Å². The SMILES string of the molecule is CCOC(=O)c1ccc(Nc2nc3c(c(=O)[nH]2)CSC3)cc1. The van der Waals surface area contributed by atoms with Gasteiger partial charge in [-0.25, -0.2) is 9.78 Å². The summed E-state index contributed by atoms with van der Waals surface area (Å²) in [4.78, 5) is 30.7. The van der Waals surface area contributed by atoms with Crippen LogP contribution in [-0.4, -0.2) is 22.5 Å². The maximum absolute atomic E-state index is 11.9. The number of nitrogens with one attached hydrogen (secondary N) is 2. The fourth-order valence-electron chi connectivity index (χ4n) is 2.16. The van der Waals surface area contributed by atoms with Crippen LogP contribution in [-0.2, 0) is 16.2 Å². The maximum Gasteiger partial charge on any atom is 0.338 e. The van der Waals surface area contributed by atoms with Gasteiger partial charge in [0.15, 0.2) is 0 Å². The molecule has 0 unspecified atom stereocenters. The van der Waals surface area contributed by atoms with E-state index in [-0.39, 0.29) is 11.5 Å². The number of carbonyl (C=O) groups is 1. The molecule has 0 saturated heterocycles. The first-order valence-corrected chi connectivity index (χ1v) is 8.07. The minimum atomic E-state index is -0.352. The number of hydrogen-bond acceptors (Lipinski definition) is 6. The van der Waals surface area contributed by atoms with Crippen molar-refractivity contribution in [3.05, 3.63) is 51.4 Å². The van der Waals surface area contributed by atoms with E-state index in [4.69, 9.17) is 4.74 Å². The molecule has 22 heavy (non-hydrogen) atoms. The summed E-state index contributed by atoms with van der Waals surface area (Å²) < 4.78 is 4.93. The molecule has 3 rings (SSSR count). The minimum Gasteiger partial charge on any atom is -0.462 e. The quantitative estimate of drug-likeness (QED) is 0.843. The van der Waals surface area contributed by atoms with Gasteiger partial charge in [-0.1, -0.05) is 0 Å². The van der Waals surface area contributed by atoms with Gasteiger partial charge < -0.3 is 10.1 Å². The zero-order chi connectivity index (χ0) is 15.5. The highest BCUT2D eigenvalue weighted by atomic mass is 32.2. The van der Waals surface area contributed by atoms with Crippen LogP contribution in [0.4, 0.5) is 11.6 Å². The van der Waals surface area contributed by atoms with Crippen molar-refractivity contribution in [3.8, 4) is 0 Å². The zero-order valence-electron chi connectivity index (χ0n) is 12.0. The molecular weight excluding hydrogens is 302 g/mol. The predicted molar refractivity (Wildman–Crippen MR) is 85.5 cm³/mol. The zero-order valence-corrected chi connectivity index (χ0v) is 12.8. The van der Waals surface area contributed by atoms with Crippen LogP contribution in [0.3, 0.4) is 0 Å². The molecule has 1 aromatic carbocycles. The van der Waals surface area contributed by atoms with E-state index in [0.29, 0.717) is 23.9 Å². The van der Waals surface area contributed by atoms with E-state index in [0.717, 1.165) is 22.7 Å². The fraction of sp³-hybridized carbons (Fsp3) is 0.267. The number of fused-ring (bicyclic) bond motifs is 1. The number of esters is 1. The van der Waals surface area contributed by atoms with Gasteiger partial charge >= 0.3 is 5.97 Å². The standard InChI is InChI=1S/C15H15N3O3S/c1-2-21-14(20)9-3-5-10(6-4-9)16-15-17-12-8-22-7-11(12)13(19)18-15/h3-6H,2,7-8H2,1H3,(H2,16,17,18,19). The van der Waals surface area contributed by atoms with Crippen molar-refractivity contribution in [2.24, 2.45) is 0 Å². The number of thioether (sulfide) groups is 1. The van der Waals surface area contributed by atoms with Gasteiger partial charge in [0.25, 0.3) is 5.56 Å². The predicted octanol–water partition coefficient (Wildman–Crippen LogP) is 2.44. The molecule has 0 radical (unpaired) electrons. The largest absolute Gasteiger partial charge is 0.462 e. The van der Waals surface area contributed by atoms with Crippen molar-refractivity contribution in [3.63, 3.8) is 0 Å². The highest BCUT2D eigenvalue weighted by Gasteiger charge is 2.17. The third-order valence-electron chi connectivity index (χ3n) is 3.25. The maximum atomic E-state index is 11.9. The molecule has 0 saturated carbocycles. The van der Waals surface area contributed by atoms with Gasteiger partial charge in [0.1, 0.15) is 0 Å². The highest BCUT2D eigenvalue weighted by molar-refractivity contribution is 7.98. The molecule has 0 atom stereocenters. The number of H-pyrrole nitrogens is 1. The first-order chi connectivity index (χ1) is 10.7. The third kappa shape index (κ3) is 2.99. The van der Waals surface area contributed by atoms with Crippen molar-refractivity contribution in [1.29, 1.82) is 0 Å². The van der Waals surface area contributed by atoms with Crippen molar-refractivity contribution >= 4 is 29.4 Å². The Labute approximate surface area is 131 Å². The van der Waals surface area contributed by atoms with E-state index in [1.807, 2.05) is 0 Å². The molecule has 0 aliphatic carbocycles. The van der Waals surface area contributed by atoms with E-state index < -0.39 is 0 Å². The third-order valence-corrected chi connectivity index (χ3v) is 4.22. The Morgan fingerprint density at radius 1 is 1.36 bits per heavy atom. The molecule has 0 amide bonds. The number of rotatable bonds is 4. The summed E-state index contributed by atoms with van der Waals surface area (Å²) in [6.45, 7) is 2.11. The van der Waals surface area contributed by atoms with Crippen LogP contribution in [0.1, 0.15) is 28.5 Å². The molecule has 0 bridgehead atoms. The lowest BCUT2D eigenvalue weighted by Crippen LogP contribution is -2.16. The number of aromatic amines is 1. The lowest BCUT2D eigenvalue weighted by atomic mass is 10.2. The van der Waals surface area contributed by atoms with Gasteiger partial charge in [-0.15, -0.1) is 0 Å². The Morgan fingerprint density at radius 2 is 2.14 bits per heavy atom. The fourth-order valence-corrected chi connectivity index (χ4v) is 3.20. The molecule has 0 fully saturated rings. The summed E-state index contributed by atoms with van der Waals surface area (Å²) in [7, 11) is 0. The van der Waals surface area contributed by atoms with E-state index in [9.17, 15) is 9.59 Å². The van der Waals surface area contributed by atoms with Crippen LogP contribution in [0.2, 0.25) is 0 Å². The van der Waals surface area contributed by atoms with Crippen molar-refractivity contribution in [1.82, 2.24) is 9.97 Å². The van der Waals surface area contributed by atoms with Crippen LogP contribution in [0.15, 0.2) is 29.1 Å². The molecule has 1 aliphatic heterocycles. The molecule has 1 aromatic heterocycles. The number of benzene rings is 1. The van der Waals surface area contributed by atoms with Crippen LogP contribution in [0.25, 0.3) is 0 Å². The summed E-state index contributed by atoms with van der Waals surface area (Å²) in [5, 5.41) is 3.04. The topological polar surface area (TPSA) is 84.1 Å². The molecule has 1 aliphatic rings. The normalized spacial score (nSPS) is 12.8. The van der Waals surface area contributed by atoms with E-state index >= 15 is 0 Å². The lowest BCUT2D eigenvalue weighted by molar-refractivity contribution is 0.0526. The molecular formula is C15H15N3O3S. The number of aromatic nitrogens is 2. The average molecular weight is 317 g/mol. The number of ether oxygens (including phenoxy) is 1. The van der Waals surface area contributed by atoms with Gasteiger partial charge in [-0.3, -0.25) is 9.78 Å². The number of carbonyl (C=O) groups excluding carboxylic acids is 1. The van der Waals surface area contributed by atoms with Crippen molar-refractivity contribution in [2.45, 2.75) is 18.4 Å². The van der Waals surface area contributed by atoms with Crippen molar-refractivity contribution < 1.29 is 9.53 Å². The van der Waals surface area contributed by atoms with Crippen LogP contribution in [0.5, 0.6) is 0 Å². The highest BCUT2D eigenvalue weighted by Crippen LogP contribution is 2.26. The second kappa shape index (κ2) is 6.23. The second-order valence-corrected chi connectivity index (χ2v) is 5.74. The van der Waals surface area contributed by atoms with Crippen LogP contribution < -0.4 is 10.9 Å². The Morgan fingerprint density at radius 3 is 2.86 bits per heavy atom. The molecule has 2 N–H and O–H groups in total. The average Bonchev–Trinajstić information content (AvgIpc) is 2.97. The first kappa shape index (κ1) is 14.6. The molecule has 114 valence electrons. The number of anilines is 2. The summed E-state index contributed by atoms with van der Waals surface area (Å²) in [6.07, 6.45) is 0. The van der Waals surface area contributed by atoms with E-state index in [1.165, 1.54) is 0 Å². The Hall–Kier alpha value is -2.28. The van der Waals surface area contributed by atoms with Gasteiger partial charge in [0, 0.05) is 22.8 Å². The first-order valence-electron chi connectivity index (χ1n) is 6.91. The van der Waals surface area contributed by atoms with Gasteiger partial charge in [-0.2, -0.15) is 11.8 Å². The van der Waals surface area contributed by atoms with Gasteiger partial charge in [0.2, 0.25) is 5.95 Å². The molecule has 7 heteroatoms. The Bertz CT molecular complexity index is 756. The molecule has 6 nitrogen and oxygen atoms in total. The van der Waals surface area contributed by atoms with Crippen LogP contribution >= 0.6 is 11.8 Å². The summed E-state index contributed by atoms with van der Waals surface area (Å²) in [6, 6.07) is 6.83. The summed E-state index contributed by atoms with van der Waals surface area (Å²) >= 11 is 1.68. The molecule has 0 spiro atoms. The smallest absolute Gasteiger partial charge is 0.338 e. The Balaban J connectivity index is 1.78. The minimum absolute atomic E-state index is 0.0966. The number of hydrogen-bond donors (Lipinski definition) is 2. The molecule has 2 aromatic rings. The Kier molecular flexibility index (Phi) is 4.15. The van der Waals surface area contributed by atoms with E-state index in [1.54, 1.807) is 43.0 Å². The summed E-state index contributed by atoms with van der Waals surface area (Å²) in [5.41, 5.74) is 2.72. The summed E-state index contributed by atoms with van der Waals surface area (Å²) in [5.74, 6) is 1.53. The lowest BCUT2D eigenvalue weighted by Gasteiger charge is -2.07. The van der Waals surface area contributed by atoms with Gasteiger partial charge in [-0.05, 0) is 31.2 Å². The molecule has 2 heterocycles. The van der Waals surface area contributed by atoms with Crippen LogP contribution in [0, 0.1) is 0 Å².